The van der Waals surface area contributed by atoms with E-state index < -0.39 is 4.92 Å². The molecule has 1 aromatic carbocycles. The number of nitro benzene ring substituents is 1. The maximum absolute atomic E-state index is 12.4. The molecule has 0 saturated carbocycles. The standard InChI is InChI=1S/C17H18N4O3S2/c1-3-20(4-2)17-19-16-14(26-17)9-13(25-16)15(22)18-10-11-7-5-6-8-12(11)21(23)24/h5-9H,3-4,10H2,1-2H3,(H,18,22). The van der Waals surface area contributed by atoms with Gasteiger partial charge in [-0.1, -0.05) is 29.5 Å². The van der Waals surface area contributed by atoms with Crippen LogP contribution in [0.4, 0.5) is 10.8 Å². The summed E-state index contributed by atoms with van der Waals surface area (Å²) >= 11 is 2.91. The summed E-state index contributed by atoms with van der Waals surface area (Å²) in [6, 6.07) is 8.23. The number of thiazole rings is 1. The number of fused-ring (bicyclic) bond motifs is 1. The molecule has 2 aromatic heterocycles. The van der Waals surface area contributed by atoms with Crippen molar-refractivity contribution in [3.8, 4) is 0 Å². The number of benzene rings is 1. The zero-order valence-corrected chi connectivity index (χ0v) is 16.0. The van der Waals surface area contributed by atoms with Crippen LogP contribution in [0.3, 0.4) is 0 Å². The summed E-state index contributed by atoms with van der Waals surface area (Å²) in [5, 5.41) is 14.8. The number of carbonyl (C=O) groups excluding carboxylic acids is 1. The van der Waals surface area contributed by atoms with Gasteiger partial charge in [-0.3, -0.25) is 14.9 Å². The van der Waals surface area contributed by atoms with E-state index in [9.17, 15) is 14.9 Å². The third kappa shape index (κ3) is 3.68. The van der Waals surface area contributed by atoms with E-state index in [1.54, 1.807) is 29.5 Å². The number of nitro groups is 1. The van der Waals surface area contributed by atoms with Crippen molar-refractivity contribution in [2.75, 3.05) is 18.0 Å². The molecule has 3 rings (SSSR count). The van der Waals surface area contributed by atoms with Gasteiger partial charge in [-0.15, -0.1) is 11.3 Å². The highest BCUT2D eigenvalue weighted by Gasteiger charge is 2.17. The lowest BCUT2D eigenvalue weighted by Crippen LogP contribution is -2.22. The number of rotatable bonds is 7. The van der Waals surface area contributed by atoms with Crippen molar-refractivity contribution in [3.63, 3.8) is 0 Å². The Morgan fingerprint density at radius 2 is 2.00 bits per heavy atom. The first-order chi connectivity index (χ1) is 12.5. The van der Waals surface area contributed by atoms with Gasteiger partial charge in [0.2, 0.25) is 0 Å². The number of thiophene rings is 1. The van der Waals surface area contributed by atoms with Crippen molar-refractivity contribution in [1.29, 1.82) is 0 Å². The lowest BCUT2D eigenvalue weighted by molar-refractivity contribution is -0.385. The second kappa shape index (κ2) is 7.79. The third-order valence-corrected chi connectivity index (χ3v) is 6.18. The van der Waals surface area contributed by atoms with Gasteiger partial charge in [-0.2, -0.15) is 0 Å². The molecular formula is C17H18N4O3S2. The Bertz CT molecular complexity index is 915. The Morgan fingerprint density at radius 3 is 2.65 bits per heavy atom. The molecular weight excluding hydrogens is 372 g/mol. The lowest BCUT2D eigenvalue weighted by Gasteiger charge is -2.16. The Labute approximate surface area is 158 Å². The maximum Gasteiger partial charge on any atom is 0.274 e. The van der Waals surface area contributed by atoms with Crippen molar-refractivity contribution in [2.24, 2.45) is 0 Å². The maximum atomic E-state index is 12.4. The van der Waals surface area contributed by atoms with Gasteiger partial charge in [-0.25, -0.2) is 4.98 Å². The van der Waals surface area contributed by atoms with Crippen molar-refractivity contribution in [2.45, 2.75) is 20.4 Å². The van der Waals surface area contributed by atoms with Crippen LogP contribution in [0, 0.1) is 10.1 Å². The summed E-state index contributed by atoms with van der Waals surface area (Å²) in [6.07, 6.45) is 0. The quantitative estimate of drug-likeness (QED) is 0.486. The highest BCUT2D eigenvalue weighted by molar-refractivity contribution is 7.29. The SMILES string of the molecule is CCN(CC)c1nc2sc(C(=O)NCc3ccccc3[N+](=O)[O-])cc2s1. The molecule has 0 bridgehead atoms. The molecule has 0 atom stereocenters. The van der Waals surface area contributed by atoms with Gasteiger partial charge in [0.1, 0.15) is 4.83 Å². The average molecular weight is 390 g/mol. The van der Waals surface area contributed by atoms with Gasteiger partial charge in [0.25, 0.3) is 11.6 Å². The first kappa shape index (κ1) is 18.3. The number of amides is 1. The molecule has 0 radical (unpaired) electrons. The first-order valence-corrected chi connectivity index (χ1v) is 9.82. The fourth-order valence-corrected chi connectivity index (χ4v) is 4.82. The van der Waals surface area contributed by atoms with Crippen LogP contribution in [0.25, 0.3) is 9.53 Å². The molecule has 0 aliphatic heterocycles. The van der Waals surface area contributed by atoms with Gasteiger partial charge in [-0.05, 0) is 19.9 Å². The highest BCUT2D eigenvalue weighted by Crippen LogP contribution is 2.34. The summed E-state index contributed by atoms with van der Waals surface area (Å²) in [7, 11) is 0. The van der Waals surface area contributed by atoms with E-state index in [2.05, 4.69) is 29.0 Å². The fourth-order valence-electron chi connectivity index (χ4n) is 2.57. The summed E-state index contributed by atoms with van der Waals surface area (Å²) in [4.78, 5) is 31.2. The van der Waals surface area contributed by atoms with E-state index in [0.29, 0.717) is 10.4 Å². The van der Waals surface area contributed by atoms with Crippen LogP contribution in [0.1, 0.15) is 29.1 Å². The van der Waals surface area contributed by atoms with Gasteiger partial charge >= 0.3 is 0 Å². The van der Waals surface area contributed by atoms with Gasteiger partial charge < -0.3 is 10.2 Å². The summed E-state index contributed by atoms with van der Waals surface area (Å²) < 4.78 is 0.979. The number of nitrogens with one attached hydrogen (secondary N) is 1. The molecule has 9 heteroatoms. The van der Waals surface area contributed by atoms with E-state index in [0.717, 1.165) is 27.8 Å². The van der Waals surface area contributed by atoms with Gasteiger partial charge in [0.05, 0.1) is 14.5 Å². The summed E-state index contributed by atoms with van der Waals surface area (Å²) in [5.74, 6) is -0.247. The highest BCUT2D eigenvalue weighted by atomic mass is 32.1. The Balaban J connectivity index is 1.72. The third-order valence-electron chi connectivity index (χ3n) is 3.96. The Kier molecular flexibility index (Phi) is 5.48. The number of para-hydroxylation sites is 1. The molecule has 1 amide bonds. The number of aromatic nitrogens is 1. The molecule has 0 unspecified atom stereocenters. The molecule has 136 valence electrons. The number of nitrogens with zero attached hydrogens (tertiary/aromatic N) is 3. The van der Waals surface area contributed by atoms with E-state index in [-0.39, 0.29) is 18.1 Å². The van der Waals surface area contributed by atoms with Crippen molar-refractivity contribution in [3.05, 3.63) is 50.9 Å². The minimum atomic E-state index is -0.443. The normalized spacial score (nSPS) is 10.8. The van der Waals surface area contributed by atoms with Gasteiger partial charge in [0.15, 0.2) is 5.13 Å². The largest absolute Gasteiger partial charge is 0.349 e. The molecule has 0 spiro atoms. The minimum absolute atomic E-state index is 0.00509. The summed E-state index contributed by atoms with van der Waals surface area (Å²) in [6.45, 7) is 6.06. The zero-order chi connectivity index (χ0) is 18.7. The minimum Gasteiger partial charge on any atom is -0.349 e. The molecule has 1 N–H and O–H groups in total. The molecule has 0 saturated heterocycles. The second-order valence-electron chi connectivity index (χ2n) is 5.52. The fraction of sp³-hybridized carbons (Fsp3) is 0.294. The number of hydrogen-bond donors (Lipinski definition) is 1. The van der Waals surface area contributed by atoms with E-state index in [1.807, 2.05) is 6.07 Å². The van der Waals surface area contributed by atoms with Crippen molar-refractivity contribution < 1.29 is 9.72 Å². The number of hydrogen-bond acceptors (Lipinski definition) is 7. The molecule has 0 aliphatic carbocycles. The molecule has 26 heavy (non-hydrogen) atoms. The predicted molar refractivity (Wildman–Crippen MR) is 105 cm³/mol. The first-order valence-electron chi connectivity index (χ1n) is 8.19. The monoisotopic (exact) mass is 390 g/mol. The molecule has 0 fully saturated rings. The van der Waals surface area contributed by atoms with Crippen LogP contribution in [0.2, 0.25) is 0 Å². The van der Waals surface area contributed by atoms with Crippen LogP contribution in [0.15, 0.2) is 30.3 Å². The molecule has 7 nitrogen and oxygen atoms in total. The average Bonchev–Trinajstić information content (AvgIpc) is 3.20. The topological polar surface area (TPSA) is 88.4 Å². The Hall–Kier alpha value is -2.52. The van der Waals surface area contributed by atoms with Crippen LogP contribution >= 0.6 is 22.7 Å². The molecule has 2 heterocycles. The van der Waals surface area contributed by atoms with Crippen LogP contribution < -0.4 is 10.2 Å². The zero-order valence-electron chi connectivity index (χ0n) is 14.4. The molecule has 3 aromatic rings. The summed E-state index contributed by atoms with van der Waals surface area (Å²) in [5.41, 5.74) is 0.483. The Morgan fingerprint density at radius 1 is 1.27 bits per heavy atom. The van der Waals surface area contributed by atoms with Crippen LogP contribution in [-0.2, 0) is 6.54 Å². The smallest absolute Gasteiger partial charge is 0.274 e. The predicted octanol–water partition coefficient (Wildman–Crippen LogP) is 4.04. The van der Waals surface area contributed by atoms with E-state index in [1.165, 1.54) is 17.4 Å². The van der Waals surface area contributed by atoms with E-state index >= 15 is 0 Å². The van der Waals surface area contributed by atoms with Crippen molar-refractivity contribution in [1.82, 2.24) is 10.3 Å². The van der Waals surface area contributed by atoms with Crippen molar-refractivity contribution >= 4 is 48.9 Å². The number of carbonyl (C=O) groups is 1. The number of anilines is 1. The second-order valence-corrected chi connectivity index (χ2v) is 7.56. The van der Waals surface area contributed by atoms with Gasteiger partial charge in [0, 0.05) is 31.3 Å². The molecule has 0 aliphatic rings. The van der Waals surface area contributed by atoms with Crippen LogP contribution in [-0.4, -0.2) is 28.9 Å². The lowest BCUT2D eigenvalue weighted by atomic mass is 10.2. The van der Waals surface area contributed by atoms with E-state index in [4.69, 9.17) is 0 Å². The van der Waals surface area contributed by atoms with Crippen LogP contribution in [0.5, 0.6) is 0 Å².